The van der Waals surface area contributed by atoms with E-state index in [1.807, 2.05) is 37.2 Å². The van der Waals surface area contributed by atoms with E-state index in [2.05, 4.69) is 4.98 Å². The molecule has 0 unspecified atom stereocenters. The summed E-state index contributed by atoms with van der Waals surface area (Å²) in [6, 6.07) is 3.86. The van der Waals surface area contributed by atoms with E-state index < -0.39 is 0 Å². The summed E-state index contributed by atoms with van der Waals surface area (Å²) in [7, 11) is 3.87. The van der Waals surface area contributed by atoms with Gasteiger partial charge in [-0.3, -0.25) is 4.79 Å². The lowest BCUT2D eigenvalue weighted by Crippen LogP contribution is -2.10. The molecule has 1 aromatic rings. The Bertz CT molecular complexity index is 355. The summed E-state index contributed by atoms with van der Waals surface area (Å²) in [4.78, 5) is 16.6. The van der Waals surface area contributed by atoms with E-state index in [4.69, 9.17) is 5.73 Å². The molecule has 1 rings (SSSR count). The average Bonchev–Trinajstić information content (AvgIpc) is 2.18. The van der Waals surface area contributed by atoms with Crippen molar-refractivity contribution in [3.8, 4) is 0 Å². The summed E-state index contributed by atoms with van der Waals surface area (Å²) in [5.41, 5.74) is 5.97. The number of amides is 1. The lowest BCUT2D eigenvalue weighted by Gasteiger charge is -2.10. The number of rotatable bonds is 4. The first-order valence-corrected chi connectivity index (χ1v) is 4.68. The molecule has 1 aromatic heterocycles. The van der Waals surface area contributed by atoms with Gasteiger partial charge in [-0.15, -0.1) is 0 Å². The van der Waals surface area contributed by atoms with Gasteiger partial charge in [-0.25, -0.2) is 4.98 Å². The standard InChI is InChI=1S/C11H15N3O/c1-14(2)11-7-6-9(8-13-11)4-3-5-10(12)15/h3-4,6-8H,5H2,1-2H3,(H2,12,15). The minimum Gasteiger partial charge on any atom is -0.369 e. The largest absolute Gasteiger partial charge is 0.369 e. The van der Waals surface area contributed by atoms with Crippen molar-refractivity contribution in [1.82, 2.24) is 4.98 Å². The van der Waals surface area contributed by atoms with Crippen LogP contribution in [0.1, 0.15) is 12.0 Å². The van der Waals surface area contributed by atoms with Gasteiger partial charge >= 0.3 is 0 Å². The van der Waals surface area contributed by atoms with Crippen LogP contribution in [0.5, 0.6) is 0 Å². The molecule has 0 atom stereocenters. The predicted octanol–water partition coefficient (Wildman–Crippen LogP) is 1.04. The Balaban J connectivity index is 2.64. The van der Waals surface area contributed by atoms with Crippen LogP contribution in [0.4, 0.5) is 5.82 Å². The van der Waals surface area contributed by atoms with Gasteiger partial charge in [0.05, 0.1) is 0 Å². The van der Waals surface area contributed by atoms with Gasteiger partial charge in [-0.05, 0) is 17.7 Å². The van der Waals surface area contributed by atoms with E-state index in [-0.39, 0.29) is 12.3 Å². The number of hydrogen-bond acceptors (Lipinski definition) is 3. The fourth-order valence-electron chi connectivity index (χ4n) is 1.07. The number of anilines is 1. The Labute approximate surface area is 89.4 Å². The third-order valence-electron chi connectivity index (χ3n) is 1.86. The summed E-state index contributed by atoms with van der Waals surface area (Å²) in [6.45, 7) is 0. The second-order valence-corrected chi connectivity index (χ2v) is 3.42. The second kappa shape index (κ2) is 5.14. The maximum Gasteiger partial charge on any atom is 0.221 e. The Morgan fingerprint density at radius 1 is 1.53 bits per heavy atom. The van der Waals surface area contributed by atoms with Crippen LogP contribution >= 0.6 is 0 Å². The van der Waals surface area contributed by atoms with Gasteiger partial charge in [0.2, 0.25) is 5.91 Å². The molecule has 0 aromatic carbocycles. The van der Waals surface area contributed by atoms with E-state index in [1.165, 1.54) is 0 Å². The molecule has 0 spiro atoms. The predicted molar refractivity (Wildman–Crippen MR) is 61.4 cm³/mol. The molecule has 4 heteroatoms. The number of carbonyl (C=O) groups excluding carboxylic acids is 1. The summed E-state index contributed by atoms with van der Waals surface area (Å²) < 4.78 is 0. The zero-order chi connectivity index (χ0) is 11.3. The highest BCUT2D eigenvalue weighted by Crippen LogP contribution is 2.08. The number of hydrogen-bond donors (Lipinski definition) is 1. The van der Waals surface area contributed by atoms with Gasteiger partial charge in [0.25, 0.3) is 0 Å². The zero-order valence-electron chi connectivity index (χ0n) is 8.97. The minimum absolute atomic E-state index is 0.259. The summed E-state index contributed by atoms with van der Waals surface area (Å²) in [5, 5.41) is 0. The molecule has 0 aliphatic carbocycles. The number of primary amides is 1. The summed E-state index contributed by atoms with van der Waals surface area (Å²) >= 11 is 0. The Hall–Kier alpha value is -1.84. The van der Waals surface area contributed by atoms with Crippen molar-refractivity contribution in [1.29, 1.82) is 0 Å². The van der Waals surface area contributed by atoms with E-state index in [0.717, 1.165) is 11.4 Å². The van der Waals surface area contributed by atoms with Crippen molar-refractivity contribution in [3.05, 3.63) is 30.0 Å². The number of aromatic nitrogens is 1. The molecule has 0 bridgehead atoms. The van der Waals surface area contributed by atoms with Gasteiger partial charge < -0.3 is 10.6 Å². The van der Waals surface area contributed by atoms with Gasteiger partial charge in [0, 0.05) is 26.7 Å². The van der Waals surface area contributed by atoms with Gasteiger partial charge in [0.15, 0.2) is 0 Å². The van der Waals surface area contributed by atoms with E-state index in [0.29, 0.717) is 0 Å². The summed E-state index contributed by atoms with van der Waals surface area (Å²) in [6.07, 6.45) is 5.58. The molecular formula is C11H15N3O. The maximum absolute atomic E-state index is 10.5. The number of nitrogens with zero attached hydrogens (tertiary/aromatic N) is 2. The molecule has 0 aliphatic heterocycles. The van der Waals surface area contributed by atoms with Crippen LogP contribution < -0.4 is 10.6 Å². The topological polar surface area (TPSA) is 59.2 Å². The molecule has 80 valence electrons. The molecule has 0 radical (unpaired) electrons. The van der Waals surface area contributed by atoms with Crippen LogP contribution in [0.25, 0.3) is 6.08 Å². The second-order valence-electron chi connectivity index (χ2n) is 3.42. The highest BCUT2D eigenvalue weighted by molar-refractivity contribution is 5.76. The fraction of sp³-hybridized carbons (Fsp3) is 0.273. The molecule has 1 amide bonds. The molecule has 0 aliphatic rings. The van der Waals surface area contributed by atoms with Crippen molar-refractivity contribution >= 4 is 17.8 Å². The SMILES string of the molecule is CN(C)c1ccc(C=CCC(N)=O)cn1. The quantitative estimate of drug-likeness (QED) is 0.798. The van der Waals surface area contributed by atoms with Crippen LogP contribution in [0.15, 0.2) is 24.4 Å². The first-order chi connectivity index (χ1) is 7.09. The zero-order valence-corrected chi connectivity index (χ0v) is 8.97. The van der Waals surface area contributed by atoms with Crippen molar-refractivity contribution in [2.75, 3.05) is 19.0 Å². The van der Waals surface area contributed by atoms with Crippen LogP contribution in [-0.4, -0.2) is 25.0 Å². The van der Waals surface area contributed by atoms with Crippen LogP contribution in [-0.2, 0) is 4.79 Å². The van der Waals surface area contributed by atoms with Crippen molar-refractivity contribution in [2.24, 2.45) is 5.73 Å². The molecule has 1 heterocycles. The number of nitrogens with two attached hydrogens (primary N) is 1. The normalized spacial score (nSPS) is 10.5. The Morgan fingerprint density at radius 3 is 2.73 bits per heavy atom. The highest BCUT2D eigenvalue weighted by atomic mass is 16.1. The van der Waals surface area contributed by atoms with Crippen molar-refractivity contribution < 1.29 is 4.79 Å². The molecule has 0 saturated heterocycles. The molecule has 15 heavy (non-hydrogen) atoms. The average molecular weight is 205 g/mol. The first kappa shape index (κ1) is 11.2. The highest BCUT2D eigenvalue weighted by Gasteiger charge is 1.95. The molecular weight excluding hydrogens is 190 g/mol. The first-order valence-electron chi connectivity index (χ1n) is 4.68. The van der Waals surface area contributed by atoms with Gasteiger partial charge in [0.1, 0.15) is 5.82 Å². The van der Waals surface area contributed by atoms with Crippen molar-refractivity contribution in [3.63, 3.8) is 0 Å². The summed E-state index contributed by atoms with van der Waals surface area (Å²) in [5.74, 6) is 0.575. The molecule has 2 N–H and O–H groups in total. The van der Waals surface area contributed by atoms with Crippen LogP contribution in [0.3, 0.4) is 0 Å². The van der Waals surface area contributed by atoms with Gasteiger partial charge in [-0.2, -0.15) is 0 Å². The molecule has 0 fully saturated rings. The van der Waals surface area contributed by atoms with E-state index >= 15 is 0 Å². The van der Waals surface area contributed by atoms with Crippen LogP contribution in [0, 0.1) is 0 Å². The number of pyridine rings is 1. The van der Waals surface area contributed by atoms with Gasteiger partial charge in [-0.1, -0.05) is 12.2 Å². The third-order valence-corrected chi connectivity index (χ3v) is 1.86. The smallest absolute Gasteiger partial charge is 0.221 e. The Kier molecular flexibility index (Phi) is 3.85. The minimum atomic E-state index is -0.330. The molecule has 0 saturated carbocycles. The molecule has 4 nitrogen and oxygen atoms in total. The monoisotopic (exact) mass is 205 g/mol. The van der Waals surface area contributed by atoms with E-state index in [1.54, 1.807) is 12.3 Å². The third kappa shape index (κ3) is 3.81. The van der Waals surface area contributed by atoms with Crippen molar-refractivity contribution in [2.45, 2.75) is 6.42 Å². The maximum atomic E-state index is 10.5. The lowest BCUT2D eigenvalue weighted by molar-refractivity contribution is -0.117. The fourth-order valence-corrected chi connectivity index (χ4v) is 1.07. The lowest BCUT2D eigenvalue weighted by atomic mass is 10.2. The number of carbonyl (C=O) groups is 1. The Morgan fingerprint density at radius 2 is 2.27 bits per heavy atom. The van der Waals surface area contributed by atoms with E-state index in [9.17, 15) is 4.79 Å². The van der Waals surface area contributed by atoms with Crippen LogP contribution in [0.2, 0.25) is 0 Å².